The molecule has 0 aliphatic rings. The van der Waals surface area contributed by atoms with Gasteiger partial charge in [-0.2, -0.15) is 0 Å². The number of unbranched alkanes of at least 4 members (excludes halogenated alkanes) is 2. The van der Waals surface area contributed by atoms with Crippen LogP contribution in [0.15, 0.2) is 22.7 Å². The van der Waals surface area contributed by atoms with E-state index in [-0.39, 0.29) is 6.61 Å². The maximum atomic E-state index is 10.2. The molecule has 0 saturated heterocycles. The van der Waals surface area contributed by atoms with E-state index in [1.165, 1.54) is 0 Å². The average Bonchev–Trinajstić information content (AvgIpc) is 2.41. The second-order valence-corrected chi connectivity index (χ2v) is 6.38. The van der Waals surface area contributed by atoms with Gasteiger partial charge >= 0.3 is 0 Å². The molecule has 0 fully saturated rings. The number of rotatable bonds is 9. The summed E-state index contributed by atoms with van der Waals surface area (Å²) in [5.41, 5.74) is 0.781. The summed E-state index contributed by atoms with van der Waals surface area (Å²) in [6.45, 7) is 2.08. The summed E-state index contributed by atoms with van der Waals surface area (Å²) < 4.78 is 0.916. The Morgan fingerprint density at radius 2 is 2.00 bits per heavy atom. The molecular weight excluding hydrogens is 342 g/mol. The molecule has 3 nitrogen and oxygen atoms in total. The highest BCUT2D eigenvalue weighted by atomic mass is 79.9. The molecule has 0 aromatic heterocycles. The molecule has 0 radical (unpaired) electrons. The third-order valence-electron chi connectivity index (χ3n) is 3.30. The van der Waals surface area contributed by atoms with Crippen LogP contribution in [0.1, 0.15) is 37.4 Å². The van der Waals surface area contributed by atoms with Crippen LogP contribution in [0.2, 0.25) is 5.02 Å². The highest BCUT2D eigenvalue weighted by Crippen LogP contribution is 2.28. The van der Waals surface area contributed by atoms with Crippen LogP contribution in [0, 0.1) is 0 Å². The van der Waals surface area contributed by atoms with Gasteiger partial charge in [-0.3, -0.25) is 0 Å². The van der Waals surface area contributed by atoms with Gasteiger partial charge in [-0.05, 0) is 57.0 Å². The van der Waals surface area contributed by atoms with Crippen molar-refractivity contribution in [2.45, 2.75) is 31.8 Å². The molecule has 1 unspecified atom stereocenters. The van der Waals surface area contributed by atoms with E-state index in [1.807, 2.05) is 12.1 Å². The van der Waals surface area contributed by atoms with E-state index in [2.05, 4.69) is 27.9 Å². The normalized spacial score (nSPS) is 12.9. The van der Waals surface area contributed by atoms with E-state index in [1.54, 1.807) is 6.07 Å². The minimum Gasteiger partial charge on any atom is -0.396 e. The van der Waals surface area contributed by atoms with E-state index < -0.39 is 6.10 Å². The standard InChI is InChI=1S/C15H23BrClNO2/c1-18(8-3-2-4-10-19)9-7-15(20)13-6-5-12(16)11-14(13)17/h5-6,11,15,19-20H,2-4,7-10H2,1H3. The number of hydrogen-bond donors (Lipinski definition) is 2. The summed E-state index contributed by atoms with van der Waals surface area (Å²) in [5.74, 6) is 0. The van der Waals surface area contributed by atoms with Crippen LogP contribution in [0.25, 0.3) is 0 Å². The van der Waals surface area contributed by atoms with Crippen LogP contribution in [0.5, 0.6) is 0 Å². The molecule has 0 bridgehead atoms. The predicted molar refractivity (Wildman–Crippen MR) is 87.2 cm³/mol. The van der Waals surface area contributed by atoms with Gasteiger partial charge in [0.2, 0.25) is 0 Å². The lowest BCUT2D eigenvalue weighted by Crippen LogP contribution is -2.22. The first-order chi connectivity index (χ1) is 9.54. The highest BCUT2D eigenvalue weighted by Gasteiger charge is 2.12. The summed E-state index contributed by atoms with van der Waals surface area (Å²) >= 11 is 9.49. The summed E-state index contributed by atoms with van der Waals surface area (Å²) in [4.78, 5) is 2.20. The SMILES string of the molecule is CN(CCCCCO)CCC(O)c1ccc(Br)cc1Cl. The van der Waals surface area contributed by atoms with Crippen molar-refractivity contribution in [2.75, 3.05) is 26.7 Å². The van der Waals surface area contributed by atoms with Gasteiger partial charge < -0.3 is 15.1 Å². The summed E-state index contributed by atoms with van der Waals surface area (Å²) in [6.07, 6.45) is 3.12. The number of halogens is 2. The topological polar surface area (TPSA) is 43.7 Å². The van der Waals surface area contributed by atoms with E-state index in [0.717, 1.165) is 42.4 Å². The monoisotopic (exact) mass is 363 g/mol. The quantitative estimate of drug-likeness (QED) is 0.658. The Morgan fingerprint density at radius 3 is 2.65 bits per heavy atom. The molecule has 5 heteroatoms. The van der Waals surface area contributed by atoms with Crippen LogP contribution in [0.4, 0.5) is 0 Å². The Kier molecular flexibility index (Phi) is 8.73. The van der Waals surface area contributed by atoms with Crippen molar-refractivity contribution < 1.29 is 10.2 Å². The Labute approximate surface area is 134 Å². The predicted octanol–water partition coefficient (Wildman–Crippen LogP) is 3.62. The molecular formula is C15H23BrClNO2. The van der Waals surface area contributed by atoms with Gasteiger partial charge in [0.05, 0.1) is 6.10 Å². The van der Waals surface area contributed by atoms with E-state index in [9.17, 15) is 5.11 Å². The minimum atomic E-state index is -0.532. The molecule has 0 aliphatic carbocycles. The van der Waals surface area contributed by atoms with Crippen LogP contribution in [0.3, 0.4) is 0 Å². The van der Waals surface area contributed by atoms with Crippen molar-refractivity contribution >= 4 is 27.5 Å². The van der Waals surface area contributed by atoms with Crippen molar-refractivity contribution in [3.8, 4) is 0 Å². The third-order valence-corrected chi connectivity index (χ3v) is 4.12. The number of nitrogens with zero attached hydrogens (tertiary/aromatic N) is 1. The highest BCUT2D eigenvalue weighted by molar-refractivity contribution is 9.10. The van der Waals surface area contributed by atoms with Crippen molar-refractivity contribution in [3.63, 3.8) is 0 Å². The van der Waals surface area contributed by atoms with Crippen molar-refractivity contribution in [1.29, 1.82) is 0 Å². The molecule has 1 atom stereocenters. The van der Waals surface area contributed by atoms with E-state index in [4.69, 9.17) is 16.7 Å². The second kappa shape index (κ2) is 9.74. The van der Waals surface area contributed by atoms with Crippen molar-refractivity contribution in [2.24, 2.45) is 0 Å². The summed E-state index contributed by atoms with van der Waals surface area (Å²) in [5, 5.41) is 19.5. The fraction of sp³-hybridized carbons (Fsp3) is 0.600. The zero-order chi connectivity index (χ0) is 15.0. The van der Waals surface area contributed by atoms with E-state index >= 15 is 0 Å². The molecule has 2 N–H and O–H groups in total. The van der Waals surface area contributed by atoms with Gasteiger partial charge in [-0.25, -0.2) is 0 Å². The molecule has 1 aromatic rings. The number of hydrogen-bond acceptors (Lipinski definition) is 3. The van der Waals surface area contributed by atoms with Crippen LogP contribution < -0.4 is 0 Å². The first-order valence-corrected chi connectivity index (χ1v) is 8.14. The smallest absolute Gasteiger partial charge is 0.0816 e. The molecule has 0 spiro atoms. The molecule has 0 aliphatic heterocycles. The average molecular weight is 365 g/mol. The molecule has 114 valence electrons. The third kappa shape index (κ3) is 6.55. The Bertz CT molecular complexity index is 403. The first-order valence-electron chi connectivity index (χ1n) is 6.97. The van der Waals surface area contributed by atoms with Gasteiger partial charge in [0.1, 0.15) is 0 Å². The van der Waals surface area contributed by atoms with Gasteiger partial charge in [-0.15, -0.1) is 0 Å². The maximum absolute atomic E-state index is 10.2. The van der Waals surface area contributed by atoms with Crippen LogP contribution >= 0.6 is 27.5 Å². The zero-order valence-corrected chi connectivity index (χ0v) is 14.2. The number of aliphatic hydroxyl groups excluding tert-OH is 2. The summed E-state index contributed by atoms with van der Waals surface area (Å²) in [7, 11) is 2.05. The van der Waals surface area contributed by atoms with Crippen molar-refractivity contribution in [1.82, 2.24) is 4.90 Å². The lowest BCUT2D eigenvalue weighted by molar-refractivity contribution is 0.148. The van der Waals surface area contributed by atoms with Gasteiger partial charge in [0, 0.05) is 22.6 Å². The number of benzene rings is 1. The molecule has 0 saturated carbocycles. The molecule has 0 amide bonds. The Balaban J connectivity index is 2.33. The molecule has 20 heavy (non-hydrogen) atoms. The molecule has 1 rings (SSSR count). The molecule has 0 heterocycles. The van der Waals surface area contributed by atoms with E-state index in [0.29, 0.717) is 11.4 Å². The fourth-order valence-electron chi connectivity index (χ4n) is 2.05. The van der Waals surface area contributed by atoms with Crippen LogP contribution in [-0.4, -0.2) is 41.9 Å². The summed E-state index contributed by atoms with van der Waals surface area (Å²) in [6, 6.07) is 5.56. The number of aliphatic hydroxyl groups is 2. The fourth-order valence-corrected chi connectivity index (χ4v) is 2.85. The van der Waals surface area contributed by atoms with Gasteiger partial charge in [0.15, 0.2) is 0 Å². The Hall–Kier alpha value is -0.130. The lowest BCUT2D eigenvalue weighted by atomic mass is 10.1. The van der Waals surface area contributed by atoms with Gasteiger partial charge in [0.25, 0.3) is 0 Å². The minimum absolute atomic E-state index is 0.268. The maximum Gasteiger partial charge on any atom is 0.0816 e. The lowest BCUT2D eigenvalue weighted by Gasteiger charge is -2.19. The molecule has 1 aromatic carbocycles. The van der Waals surface area contributed by atoms with Gasteiger partial charge in [-0.1, -0.05) is 33.6 Å². The zero-order valence-electron chi connectivity index (χ0n) is 11.9. The van der Waals surface area contributed by atoms with Crippen LogP contribution in [-0.2, 0) is 0 Å². The first kappa shape index (κ1) is 17.9. The Morgan fingerprint density at radius 1 is 1.25 bits per heavy atom. The van der Waals surface area contributed by atoms with Crippen molar-refractivity contribution in [3.05, 3.63) is 33.3 Å². The second-order valence-electron chi connectivity index (χ2n) is 5.06. The largest absolute Gasteiger partial charge is 0.396 e.